The number of benzene rings is 3. The maximum atomic E-state index is 10.1. The second-order valence-corrected chi connectivity index (χ2v) is 9.40. The Morgan fingerprint density at radius 1 is 1.05 bits per heavy atom. The Balaban J connectivity index is 1.79. The fourth-order valence-corrected chi connectivity index (χ4v) is 4.61. The number of rotatable bonds is 9. The van der Waals surface area contributed by atoms with Gasteiger partial charge in [0.2, 0.25) is 0 Å². The predicted octanol–water partition coefficient (Wildman–Crippen LogP) is 7.12. The number of nitriles is 2. The largest absolute Gasteiger partial charge is 0.488 e. The summed E-state index contributed by atoms with van der Waals surface area (Å²) in [5, 5.41) is 25.5. The van der Waals surface area contributed by atoms with Crippen LogP contribution in [0.25, 0.3) is 17.3 Å². The highest BCUT2D eigenvalue weighted by atomic mass is 35.5. The fourth-order valence-electron chi connectivity index (χ4n) is 4.15. The fraction of sp³-hybridized carbons (Fsp3) is 0.167. The molecule has 0 bridgehead atoms. The van der Waals surface area contributed by atoms with Crippen LogP contribution < -0.4 is 15.4 Å². The normalized spacial score (nSPS) is 11.1. The van der Waals surface area contributed by atoms with Crippen molar-refractivity contribution in [3.05, 3.63) is 99.2 Å². The van der Waals surface area contributed by atoms with Gasteiger partial charge in [-0.05, 0) is 56.3 Å². The predicted molar refractivity (Wildman–Crippen MR) is 157 cm³/mol. The molecule has 0 atom stereocenters. The van der Waals surface area contributed by atoms with Crippen molar-refractivity contribution in [2.45, 2.75) is 20.5 Å². The van der Waals surface area contributed by atoms with Crippen molar-refractivity contribution in [1.82, 2.24) is 9.78 Å². The molecular weight excluding hydrogens is 531 g/mol. The van der Waals surface area contributed by atoms with Crippen LogP contribution >= 0.6 is 23.2 Å². The number of nitrogens with two attached hydrogens (primary N) is 1. The molecule has 0 saturated carbocycles. The van der Waals surface area contributed by atoms with E-state index in [2.05, 4.69) is 36.0 Å². The van der Waals surface area contributed by atoms with Gasteiger partial charge in [0.05, 0.1) is 11.3 Å². The Morgan fingerprint density at radius 2 is 1.79 bits per heavy atom. The van der Waals surface area contributed by atoms with Crippen LogP contribution in [0, 0.1) is 22.7 Å². The smallest absolute Gasteiger partial charge is 0.145 e. The van der Waals surface area contributed by atoms with Gasteiger partial charge in [0.15, 0.2) is 0 Å². The first-order valence-corrected chi connectivity index (χ1v) is 13.1. The summed E-state index contributed by atoms with van der Waals surface area (Å²) >= 11 is 12.4. The summed E-state index contributed by atoms with van der Waals surface area (Å²) < 4.78 is 7.70. The Morgan fingerprint density at radius 3 is 2.44 bits per heavy atom. The van der Waals surface area contributed by atoms with Gasteiger partial charge < -0.3 is 15.4 Å². The van der Waals surface area contributed by atoms with E-state index < -0.39 is 0 Å². The minimum Gasteiger partial charge on any atom is -0.488 e. The molecule has 4 rings (SSSR count). The lowest BCUT2D eigenvalue weighted by molar-refractivity contribution is 0.305. The van der Waals surface area contributed by atoms with Crippen LogP contribution in [0.15, 0.2) is 66.7 Å². The zero-order valence-electron chi connectivity index (χ0n) is 21.5. The molecule has 7 nitrogen and oxygen atoms in total. The third-order valence-corrected chi connectivity index (χ3v) is 6.82. The Hall–Kier alpha value is -4.43. The molecule has 3 aromatic carbocycles. The van der Waals surface area contributed by atoms with Crippen LogP contribution in [-0.4, -0.2) is 22.9 Å². The summed E-state index contributed by atoms with van der Waals surface area (Å²) in [7, 11) is 0. The number of halogens is 2. The van der Waals surface area contributed by atoms with Gasteiger partial charge in [-0.15, -0.1) is 0 Å². The lowest BCUT2D eigenvalue weighted by Crippen LogP contribution is -2.21. The molecule has 0 amide bonds. The number of hydrogen-bond donors (Lipinski definition) is 1. The second-order valence-electron chi connectivity index (χ2n) is 8.56. The molecule has 196 valence electrons. The highest BCUT2D eigenvalue weighted by Gasteiger charge is 2.21. The quantitative estimate of drug-likeness (QED) is 0.220. The number of hydrogen-bond acceptors (Lipinski definition) is 6. The van der Waals surface area contributed by atoms with E-state index in [1.807, 2.05) is 54.6 Å². The van der Waals surface area contributed by atoms with Crippen molar-refractivity contribution in [1.29, 1.82) is 10.5 Å². The van der Waals surface area contributed by atoms with Gasteiger partial charge in [0.25, 0.3) is 0 Å². The van der Waals surface area contributed by atoms with E-state index in [0.29, 0.717) is 27.0 Å². The molecule has 0 fully saturated rings. The summed E-state index contributed by atoms with van der Waals surface area (Å²) in [5.41, 5.74) is 9.84. The molecule has 0 aliphatic heterocycles. The molecule has 0 aliphatic carbocycles. The Labute approximate surface area is 237 Å². The monoisotopic (exact) mass is 556 g/mol. The third-order valence-electron chi connectivity index (χ3n) is 6.23. The molecule has 39 heavy (non-hydrogen) atoms. The van der Waals surface area contributed by atoms with Crippen LogP contribution in [-0.2, 0) is 6.61 Å². The first-order valence-electron chi connectivity index (χ1n) is 12.3. The van der Waals surface area contributed by atoms with Crippen LogP contribution in [0.1, 0.15) is 36.2 Å². The van der Waals surface area contributed by atoms with Crippen LogP contribution in [0.3, 0.4) is 0 Å². The molecule has 1 aromatic heterocycles. The van der Waals surface area contributed by atoms with Crippen molar-refractivity contribution in [3.8, 4) is 23.6 Å². The molecule has 1 heterocycles. The van der Waals surface area contributed by atoms with E-state index in [1.54, 1.807) is 18.2 Å². The van der Waals surface area contributed by atoms with E-state index in [1.165, 1.54) is 4.68 Å². The van der Waals surface area contributed by atoms with Crippen molar-refractivity contribution >= 4 is 46.4 Å². The molecule has 0 aliphatic rings. The SMILES string of the molecule is CCN(CC)c1ccc(C=C(C#N)c2nn(-c3ccccc3)c(N)c2C#N)c(OCc2ccc(Cl)cc2Cl)c1. The minimum atomic E-state index is 0.127. The van der Waals surface area contributed by atoms with Gasteiger partial charge in [-0.25, -0.2) is 4.68 Å². The number of anilines is 2. The lowest BCUT2D eigenvalue weighted by Gasteiger charge is -2.22. The summed E-state index contributed by atoms with van der Waals surface area (Å²) in [6, 6.07) is 24.5. The highest BCUT2D eigenvalue weighted by molar-refractivity contribution is 6.35. The Bertz CT molecular complexity index is 1590. The maximum absolute atomic E-state index is 10.1. The summed E-state index contributed by atoms with van der Waals surface area (Å²) in [6.07, 6.45) is 1.66. The lowest BCUT2D eigenvalue weighted by atomic mass is 10.0. The highest BCUT2D eigenvalue weighted by Crippen LogP contribution is 2.33. The average Bonchev–Trinajstić information content (AvgIpc) is 3.28. The second kappa shape index (κ2) is 12.4. The number of aromatic nitrogens is 2. The molecule has 9 heteroatoms. The van der Waals surface area contributed by atoms with E-state index in [9.17, 15) is 10.5 Å². The van der Waals surface area contributed by atoms with Crippen molar-refractivity contribution in [3.63, 3.8) is 0 Å². The van der Waals surface area contributed by atoms with Crippen LogP contribution in [0.4, 0.5) is 11.5 Å². The molecule has 0 radical (unpaired) electrons. The maximum Gasteiger partial charge on any atom is 0.145 e. The van der Waals surface area contributed by atoms with Crippen molar-refractivity contribution in [2.24, 2.45) is 0 Å². The van der Waals surface area contributed by atoms with Crippen molar-refractivity contribution in [2.75, 3.05) is 23.7 Å². The van der Waals surface area contributed by atoms with E-state index in [-0.39, 0.29) is 29.3 Å². The van der Waals surface area contributed by atoms with E-state index >= 15 is 0 Å². The van der Waals surface area contributed by atoms with Gasteiger partial charge in [0, 0.05) is 46.0 Å². The Kier molecular flexibility index (Phi) is 8.78. The number of nitrogens with zero attached hydrogens (tertiary/aromatic N) is 5. The topological polar surface area (TPSA) is 104 Å². The molecule has 0 unspecified atom stereocenters. The van der Waals surface area contributed by atoms with Crippen molar-refractivity contribution < 1.29 is 4.74 Å². The van der Waals surface area contributed by atoms with Crippen LogP contribution in [0.2, 0.25) is 10.0 Å². The number of ether oxygens (including phenoxy) is 1. The van der Waals surface area contributed by atoms with Gasteiger partial charge in [-0.2, -0.15) is 15.6 Å². The zero-order valence-corrected chi connectivity index (χ0v) is 23.0. The van der Waals surface area contributed by atoms with Crippen LogP contribution in [0.5, 0.6) is 5.75 Å². The summed E-state index contributed by atoms with van der Waals surface area (Å²) in [5.74, 6) is 0.706. The molecular formula is C30H26Cl2N6O. The molecule has 0 saturated heterocycles. The number of nitrogen functional groups attached to an aromatic ring is 1. The first kappa shape index (κ1) is 27.6. The van der Waals surface area contributed by atoms with Gasteiger partial charge >= 0.3 is 0 Å². The van der Waals surface area contributed by atoms with Gasteiger partial charge in [-0.3, -0.25) is 0 Å². The average molecular weight is 557 g/mol. The van der Waals surface area contributed by atoms with E-state index in [0.717, 1.165) is 24.3 Å². The minimum absolute atomic E-state index is 0.127. The van der Waals surface area contributed by atoms with E-state index in [4.69, 9.17) is 33.7 Å². The molecule has 0 spiro atoms. The first-order chi connectivity index (χ1) is 18.9. The summed E-state index contributed by atoms with van der Waals surface area (Å²) in [6.45, 7) is 5.99. The van der Waals surface area contributed by atoms with Gasteiger partial charge in [-0.1, -0.05) is 47.5 Å². The summed E-state index contributed by atoms with van der Waals surface area (Å²) in [4.78, 5) is 2.19. The number of para-hydroxylation sites is 1. The zero-order chi connectivity index (χ0) is 27.9. The van der Waals surface area contributed by atoms with Gasteiger partial charge in [0.1, 0.15) is 41.6 Å². The molecule has 4 aromatic rings. The standard InChI is InChI=1S/C30H26Cl2N6O/c1-3-37(4-2)25-13-11-20(28(16-25)39-19-21-10-12-23(31)15-27(21)32)14-22(17-33)29-26(18-34)30(35)38(36-29)24-8-6-5-7-9-24/h5-16H,3-4,19,35H2,1-2H3. The third kappa shape index (κ3) is 6.02. The number of allylic oxidation sites excluding steroid dienone is 1. The molecule has 2 N–H and O–H groups in total.